The molecule has 1 heterocycles. The van der Waals surface area contributed by atoms with Crippen LogP contribution in [0.5, 0.6) is 0 Å². The normalized spacial score (nSPS) is 20.4. The van der Waals surface area contributed by atoms with Crippen molar-refractivity contribution in [2.45, 2.75) is 13.3 Å². The van der Waals surface area contributed by atoms with Crippen molar-refractivity contribution in [1.82, 2.24) is 5.32 Å². The molecule has 0 spiro atoms. The molecule has 1 radical (unpaired) electrons. The zero-order valence-electron chi connectivity index (χ0n) is 4.52. The van der Waals surface area contributed by atoms with Crippen LogP contribution < -0.4 is 5.32 Å². The number of aliphatic imine (C=N–C) groups is 1. The number of rotatable bonds is 0. The molecule has 0 amide bonds. The molecule has 2 heteroatoms. The summed E-state index contributed by atoms with van der Waals surface area (Å²) in [6, 6.07) is 0. The summed E-state index contributed by atoms with van der Waals surface area (Å²) in [4.78, 5) is 4.08. The second-order valence-corrected chi connectivity index (χ2v) is 1.66. The summed E-state index contributed by atoms with van der Waals surface area (Å²) in [5.74, 6) is 0.964. The molecule has 0 aromatic heterocycles. The largest absolute Gasteiger partial charge is 0.271 e. The van der Waals surface area contributed by atoms with Crippen molar-refractivity contribution in [3.8, 4) is 0 Å². The Hall–Kier alpha value is -0.530. The molecule has 1 aliphatic rings. The van der Waals surface area contributed by atoms with Crippen molar-refractivity contribution in [1.29, 1.82) is 0 Å². The van der Waals surface area contributed by atoms with Crippen molar-refractivity contribution in [3.63, 3.8) is 0 Å². The Morgan fingerprint density at radius 2 is 2.29 bits per heavy atom. The second kappa shape index (κ2) is 1.96. The van der Waals surface area contributed by atoms with Gasteiger partial charge in [0.2, 0.25) is 0 Å². The van der Waals surface area contributed by atoms with E-state index in [4.69, 9.17) is 0 Å². The maximum atomic E-state index is 4.08. The lowest BCUT2D eigenvalue weighted by atomic mass is 10.4. The number of hydrogen-bond donors (Lipinski definition) is 0. The van der Waals surface area contributed by atoms with Gasteiger partial charge >= 0.3 is 0 Å². The molecule has 0 saturated carbocycles. The Kier molecular flexibility index (Phi) is 1.29. The van der Waals surface area contributed by atoms with E-state index in [1.54, 1.807) is 0 Å². The minimum absolute atomic E-state index is 0.964. The minimum atomic E-state index is 0.964. The van der Waals surface area contributed by atoms with E-state index in [1.807, 2.05) is 6.92 Å². The first kappa shape index (κ1) is 4.62. The average molecular weight is 97.1 g/mol. The van der Waals surface area contributed by atoms with Gasteiger partial charge in [-0.25, -0.2) is 0 Å². The Labute approximate surface area is 43.6 Å². The minimum Gasteiger partial charge on any atom is -0.271 e. The van der Waals surface area contributed by atoms with Crippen LogP contribution in [-0.4, -0.2) is 18.9 Å². The molecule has 0 unspecified atom stereocenters. The smallest absolute Gasteiger partial charge is 0.114 e. The fourth-order valence-corrected chi connectivity index (χ4v) is 0.602. The molecule has 0 aromatic carbocycles. The quantitative estimate of drug-likeness (QED) is 0.418. The summed E-state index contributed by atoms with van der Waals surface area (Å²) in [6.45, 7) is 3.91. The monoisotopic (exact) mass is 97.1 g/mol. The van der Waals surface area contributed by atoms with Crippen LogP contribution in [0.25, 0.3) is 0 Å². The van der Waals surface area contributed by atoms with Crippen molar-refractivity contribution in [2.75, 3.05) is 13.1 Å². The predicted molar refractivity (Wildman–Crippen MR) is 29.6 cm³/mol. The summed E-state index contributed by atoms with van der Waals surface area (Å²) < 4.78 is 0. The molecular weight excluding hydrogens is 88.1 g/mol. The lowest BCUT2D eigenvalue weighted by molar-refractivity contribution is 0.730. The highest BCUT2D eigenvalue weighted by atomic mass is 15.0. The van der Waals surface area contributed by atoms with Gasteiger partial charge in [0.05, 0.1) is 0 Å². The number of nitrogens with zero attached hydrogens (tertiary/aromatic N) is 2. The number of hydrogen-bond acceptors (Lipinski definition) is 1. The van der Waals surface area contributed by atoms with Crippen LogP contribution in [0, 0.1) is 0 Å². The van der Waals surface area contributed by atoms with E-state index in [0.29, 0.717) is 0 Å². The Bertz CT molecular complexity index is 86.1. The van der Waals surface area contributed by atoms with Crippen LogP contribution in [0.15, 0.2) is 4.99 Å². The van der Waals surface area contributed by atoms with E-state index in [9.17, 15) is 0 Å². The zero-order chi connectivity index (χ0) is 5.11. The highest BCUT2D eigenvalue weighted by Crippen LogP contribution is 1.88. The van der Waals surface area contributed by atoms with Gasteiger partial charge in [0, 0.05) is 13.1 Å². The van der Waals surface area contributed by atoms with Crippen LogP contribution in [0.4, 0.5) is 0 Å². The van der Waals surface area contributed by atoms with Gasteiger partial charge in [-0.1, -0.05) is 0 Å². The summed E-state index contributed by atoms with van der Waals surface area (Å²) in [6.07, 6.45) is 1.14. The lowest BCUT2D eigenvalue weighted by Crippen LogP contribution is -2.19. The molecule has 0 N–H and O–H groups in total. The van der Waals surface area contributed by atoms with E-state index in [1.165, 1.54) is 0 Å². The third-order valence-corrected chi connectivity index (χ3v) is 0.997. The zero-order valence-corrected chi connectivity index (χ0v) is 4.52. The van der Waals surface area contributed by atoms with Gasteiger partial charge in [-0.2, -0.15) is 0 Å². The van der Waals surface area contributed by atoms with Crippen LogP contribution >= 0.6 is 0 Å². The van der Waals surface area contributed by atoms with Crippen LogP contribution in [0.3, 0.4) is 0 Å². The van der Waals surface area contributed by atoms with Gasteiger partial charge < -0.3 is 0 Å². The molecule has 7 heavy (non-hydrogen) atoms. The average Bonchev–Trinajstić information content (AvgIpc) is 1.69. The van der Waals surface area contributed by atoms with Crippen molar-refractivity contribution < 1.29 is 0 Å². The lowest BCUT2D eigenvalue weighted by Gasteiger charge is -2.05. The predicted octanol–water partition coefficient (Wildman–Crippen LogP) is 0.413. The number of amidine groups is 1. The highest BCUT2D eigenvalue weighted by molar-refractivity contribution is 5.79. The van der Waals surface area contributed by atoms with Gasteiger partial charge in [0.15, 0.2) is 0 Å². The van der Waals surface area contributed by atoms with Crippen LogP contribution in [0.2, 0.25) is 0 Å². The van der Waals surface area contributed by atoms with E-state index in [0.717, 1.165) is 25.3 Å². The first-order chi connectivity index (χ1) is 3.39. The fourth-order valence-electron chi connectivity index (χ4n) is 0.602. The standard InChI is InChI=1S/C5H9N2/c1-5-6-3-2-4-7-5/h2-4H2,1H3. The highest BCUT2D eigenvalue weighted by Gasteiger charge is 1.96. The Balaban J connectivity index is 2.40. The van der Waals surface area contributed by atoms with Crippen molar-refractivity contribution in [2.24, 2.45) is 4.99 Å². The molecular formula is C5H9N2. The van der Waals surface area contributed by atoms with Crippen molar-refractivity contribution >= 4 is 5.84 Å². The molecule has 0 bridgehead atoms. The van der Waals surface area contributed by atoms with E-state index >= 15 is 0 Å². The molecule has 0 saturated heterocycles. The van der Waals surface area contributed by atoms with E-state index in [-0.39, 0.29) is 0 Å². The first-order valence-electron chi connectivity index (χ1n) is 2.58. The maximum absolute atomic E-state index is 4.08. The molecule has 1 aliphatic heterocycles. The Morgan fingerprint density at radius 3 is 2.57 bits per heavy atom. The van der Waals surface area contributed by atoms with Gasteiger partial charge in [0.25, 0.3) is 0 Å². The SMILES string of the molecule is CC1=NCCC[N]1. The maximum Gasteiger partial charge on any atom is 0.114 e. The van der Waals surface area contributed by atoms with E-state index < -0.39 is 0 Å². The molecule has 0 aromatic rings. The summed E-state index contributed by atoms with van der Waals surface area (Å²) in [5, 5.41) is 4.08. The summed E-state index contributed by atoms with van der Waals surface area (Å²) in [5.41, 5.74) is 0. The first-order valence-corrected chi connectivity index (χ1v) is 2.58. The molecule has 0 aliphatic carbocycles. The summed E-state index contributed by atoms with van der Waals surface area (Å²) >= 11 is 0. The molecule has 0 atom stereocenters. The Morgan fingerprint density at radius 1 is 1.43 bits per heavy atom. The third-order valence-electron chi connectivity index (χ3n) is 0.997. The van der Waals surface area contributed by atoms with Gasteiger partial charge in [-0.3, -0.25) is 10.3 Å². The van der Waals surface area contributed by atoms with E-state index in [2.05, 4.69) is 10.3 Å². The topological polar surface area (TPSA) is 26.5 Å². The molecule has 1 rings (SSSR count). The fraction of sp³-hybridized carbons (Fsp3) is 0.800. The molecule has 2 nitrogen and oxygen atoms in total. The van der Waals surface area contributed by atoms with Crippen LogP contribution in [0.1, 0.15) is 13.3 Å². The van der Waals surface area contributed by atoms with Crippen molar-refractivity contribution in [3.05, 3.63) is 0 Å². The van der Waals surface area contributed by atoms with Gasteiger partial charge in [-0.15, -0.1) is 0 Å². The van der Waals surface area contributed by atoms with Crippen LogP contribution in [-0.2, 0) is 0 Å². The van der Waals surface area contributed by atoms with Gasteiger partial charge in [-0.05, 0) is 13.3 Å². The molecule has 39 valence electrons. The van der Waals surface area contributed by atoms with Gasteiger partial charge in [0.1, 0.15) is 5.84 Å². The summed E-state index contributed by atoms with van der Waals surface area (Å²) in [7, 11) is 0. The second-order valence-electron chi connectivity index (χ2n) is 1.66. The molecule has 0 fully saturated rings. The third kappa shape index (κ3) is 1.18.